The van der Waals surface area contributed by atoms with E-state index < -0.39 is 12.0 Å². The predicted octanol–water partition coefficient (Wildman–Crippen LogP) is 0.225. The van der Waals surface area contributed by atoms with Gasteiger partial charge in [-0.1, -0.05) is 0 Å². The number of hydrogen-bond donors (Lipinski definition) is 1. The summed E-state index contributed by atoms with van der Waals surface area (Å²) in [6.45, 7) is 0. The molecule has 0 spiro atoms. The first-order valence-electron chi connectivity index (χ1n) is 4.06. The van der Waals surface area contributed by atoms with Crippen LogP contribution in [0.25, 0.3) is 0 Å². The van der Waals surface area contributed by atoms with Crippen molar-refractivity contribution in [2.24, 2.45) is 12.8 Å². The van der Waals surface area contributed by atoms with Gasteiger partial charge < -0.3 is 10.5 Å². The number of ether oxygens (including phenoxy) is 1. The van der Waals surface area contributed by atoms with E-state index >= 15 is 0 Å². The highest BCUT2D eigenvalue weighted by Crippen LogP contribution is 2.15. The molecule has 0 amide bonds. The molecule has 0 fully saturated rings. The van der Waals surface area contributed by atoms with E-state index in [9.17, 15) is 4.79 Å². The maximum Gasteiger partial charge on any atom is 0.323 e. The molecule has 78 valence electrons. The summed E-state index contributed by atoms with van der Waals surface area (Å²) in [5.74, 6) is -0.428. The Kier molecular flexibility index (Phi) is 3.65. The molecular weight excluding hydrogens is 250 g/mol. The SMILES string of the molecule is COC(=O)C(N)Cc1nn(C)cc1Br. The smallest absolute Gasteiger partial charge is 0.323 e. The van der Waals surface area contributed by atoms with Crippen LogP contribution in [0.2, 0.25) is 0 Å². The van der Waals surface area contributed by atoms with Crippen LogP contribution >= 0.6 is 15.9 Å². The minimum absolute atomic E-state index is 0.369. The molecule has 1 aromatic rings. The molecule has 0 bridgehead atoms. The van der Waals surface area contributed by atoms with Crippen molar-refractivity contribution in [3.8, 4) is 0 Å². The Morgan fingerprint density at radius 1 is 1.86 bits per heavy atom. The first kappa shape index (κ1) is 11.2. The average molecular weight is 262 g/mol. The van der Waals surface area contributed by atoms with Crippen LogP contribution in [-0.2, 0) is 23.0 Å². The zero-order valence-electron chi connectivity index (χ0n) is 8.03. The van der Waals surface area contributed by atoms with E-state index in [1.165, 1.54) is 7.11 Å². The summed E-state index contributed by atoms with van der Waals surface area (Å²) in [6, 6.07) is -0.661. The third kappa shape index (κ3) is 2.55. The molecule has 0 aliphatic rings. The Bertz CT molecular complexity index is 337. The van der Waals surface area contributed by atoms with Crippen molar-refractivity contribution in [2.75, 3.05) is 7.11 Å². The van der Waals surface area contributed by atoms with Crippen molar-refractivity contribution in [3.63, 3.8) is 0 Å². The number of aromatic nitrogens is 2. The molecule has 1 rings (SSSR count). The molecular formula is C8H12BrN3O2. The minimum Gasteiger partial charge on any atom is -0.468 e. The van der Waals surface area contributed by atoms with Crippen molar-refractivity contribution in [1.82, 2.24) is 9.78 Å². The Balaban J connectivity index is 2.69. The van der Waals surface area contributed by atoms with E-state index in [0.717, 1.165) is 10.2 Å². The molecule has 0 aliphatic heterocycles. The largest absolute Gasteiger partial charge is 0.468 e. The maximum absolute atomic E-state index is 11.0. The Hall–Kier alpha value is -0.880. The Morgan fingerprint density at radius 2 is 2.50 bits per heavy atom. The number of rotatable bonds is 3. The van der Waals surface area contributed by atoms with E-state index in [4.69, 9.17) is 5.73 Å². The maximum atomic E-state index is 11.0. The number of nitrogens with zero attached hydrogens (tertiary/aromatic N) is 2. The summed E-state index contributed by atoms with van der Waals surface area (Å²) in [4.78, 5) is 11.0. The quantitative estimate of drug-likeness (QED) is 0.791. The monoisotopic (exact) mass is 261 g/mol. The standard InChI is InChI=1S/C8H12BrN3O2/c1-12-4-5(9)7(11-12)3-6(10)8(13)14-2/h4,6H,3,10H2,1-2H3. The fraction of sp³-hybridized carbons (Fsp3) is 0.500. The molecule has 1 atom stereocenters. The number of nitrogens with two attached hydrogens (primary N) is 1. The van der Waals surface area contributed by atoms with Crippen LogP contribution in [0.1, 0.15) is 5.69 Å². The van der Waals surface area contributed by atoms with Gasteiger partial charge in [-0.25, -0.2) is 0 Å². The number of carbonyl (C=O) groups is 1. The van der Waals surface area contributed by atoms with Gasteiger partial charge in [-0.3, -0.25) is 9.48 Å². The molecule has 1 aromatic heterocycles. The highest BCUT2D eigenvalue weighted by molar-refractivity contribution is 9.10. The van der Waals surface area contributed by atoms with Crippen LogP contribution in [0, 0.1) is 0 Å². The number of aryl methyl sites for hydroxylation is 1. The molecule has 0 aliphatic carbocycles. The molecule has 2 N–H and O–H groups in total. The van der Waals surface area contributed by atoms with Crippen molar-refractivity contribution in [1.29, 1.82) is 0 Å². The van der Waals surface area contributed by atoms with E-state index in [-0.39, 0.29) is 0 Å². The number of halogens is 1. The van der Waals surface area contributed by atoms with Crippen LogP contribution in [0.5, 0.6) is 0 Å². The number of methoxy groups -OCH3 is 1. The molecule has 14 heavy (non-hydrogen) atoms. The topological polar surface area (TPSA) is 70.1 Å². The van der Waals surface area contributed by atoms with Gasteiger partial charge in [-0.15, -0.1) is 0 Å². The highest BCUT2D eigenvalue weighted by Gasteiger charge is 2.17. The van der Waals surface area contributed by atoms with Gasteiger partial charge in [0.15, 0.2) is 0 Å². The second-order valence-corrected chi connectivity index (χ2v) is 3.79. The van der Waals surface area contributed by atoms with E-state index in [1.54, 1.807) is 17.9 Å². The normalized spacial score (nSPS) is 12.6. The number of carbonyl (C=O) groups excluding carboxylic acids is 1. The second kappa shape index (κ2) is 4.56. The number of esters is 1. The summed E-state index contributed by atoms with van der Waals surface area (Å²) in [7, 11) is 3.12. The summed E-state index contributed by atoms with van der Waals surface area (Å²) in [5.41, 5.74) is 6.35. The molecule has 1 unspecified atom stereocenters. The van der Waals surface area contributed by atoms with Gasteiger partial charge in [0, 0.05) is 19.7 Å². The van der Waals surface area contributed by atoms with Gasteiger partial charge >= 0.3 is 5.97 Å². The van der Waals surface area contributed by atoms with Crippen LogP contribution < -0.4 is 5.73 Å². The van der Waals surface area contributed by atoms with Crippen molar-refractivity contribution in [2.45, 2.75) is 12.5 Å². The van der Waals surface area contributed by atoms with Crippen LogP contribution in [0.3, 0.4) is 0 Å². The van der Waals surface area contributed by atoms with Crippen LogP contribution in [0.4, 0.5) is 0 Å². The molecule has 6 heteroatoms. The molecule has 0 radical (unpaired) electrons. The molecule has 5 nitrogen and oxygen atoms in total. The Labute approximate surface area is 90.3 Å². The van der Waals surface area contributed by atoms with Gasteiger partial charge in [0.25, 0.3) is 0 Å². The summed E-state index contributed by atoms with van der Waals surface area (Å²) >= 11 is 3.33. The number of hydrogen-bond acceptors (Lipinski definition) is 4. The van der Waals surface area contributed by atoms with Crippen LogP contribution in [-0.4, -0.2) is 28.9 Å². The molecule has 1 heterocycles. The first-order valence-corrected chi connectivity index (χ1v) is 4.85. The van der Waals surface area contributed by atoms with Gasteiger partial charge in [-0.2, -0.15) is 5.10 Å². The zero-order valence-corrected chi connectivity index (χ0v) is 9.61. The lowest BCUT2D eigenvalue weighted by atomic mass is 10.2. The molecule has 0 saturated heterocycles. The van der Waals surface area contributed by atoms with Gasteiger partial charge in [0.2, 0.25) is 0 Å². The lowest BCUT2D eigenvalue weighted by Crippen LogP contribution is -2.33. The lowest BCUT2D eigenvalue weighted by molar-refractivity contribution is -0.142. The molecule has 0 aromatic carbocycles. The van der Waals surface area contributed by atoms with E-state index in [1.807, 2.05) is 0 Å². The Morgan fingerprint density at radius 3 is 2.93 bits per heavy atom. The third-order valence-electron chi connectivity index (χ3n) is 1.77. The predicted molar refractivity (Wildman–Crippen MR) is 54.6 cm³/mol. The van der Waals surface area contributed by atoms with Gasteiger partial charge in [0.05, 0.1) is 17.3 Å². The summed E-state index contributed by atoms with van der Waals surface area (Å²) in [5, 5.41) is 4.15. The minimum atomic E-state index is -0.661. The fourth-order valence-corrected chi connectivity index (χ4v) is 1.62. The fourth-order valence-electron chi connectivity index (χ4n) is 1.09. The van der Waals surface area contributed by atoms with E-state index in [0.29, 0.717) is 6.42 Å². The van der Waals surface area contributed by atoms with E-state index in [2.05, 4.69) is 25.8 Å². The third-order valence-corrected chi connectivity index (χ3v) is 2.43. The van der Waals surface area contributed by atoms with Crippen molar-refractivity contribution >= 4 is 21.9 Å². The first-order chi connectivity index (χ1) is 6.54. The average Bonchev–Trinajstić information content (AvgIpc) is 2.44. The second-order valence-electron chi connectivity index (χ2n) is 2.93. The molecule has 0 saturated carbocycles. The highest BCUT2D eigenvalue weighted by atomic mass is 79.9. The van der Waals surface area contributed by atoms with Crippen LogP contribution in [0.15, 0.2) is 10.7 Å². The zero-order chi connectivity index (χ0) is 10.7. The lowest BCUT2D eigenvalue weighted by Gasteiger charge is -2.06. The summed E-state index contributed by atoms with van der Waals surface area (Å²) in [6.07, 6.45) is 2.17. The summed E-state index contributed by atoms with van der Waals surface area (Å²) < 4.78 is 7.02. The van der Waals surface area contributed by atoms with Crippen molar-refractivity contribution in [3.05, 3.63) is 16.4 Å². The van der Waals surface area contributed by atoms with Crippen molar-refractivity contribution < 1.29 is 9.53 Å². The van der Waals surface area contributed by atoms with Gasteiger partial charge in [0.1, 0.15) is 6.04 Å². The van der Waals surface area contributed by atoms with Gasteiger partial charge in [-0.05, 0) is 15.9 Å².